The lowest BCUT2D eigenvalue weighted by Gasteiger charge is -2.25. The van der Waals surface area contributed by atoms with E-state index in [4.69, 9.17) is 16.6 Å². The zero-order valence-electron chi connectivity index (χ0n) is 10.8. The zero-order chi connectivity index (χ0) is 14.6. The van der Waals surface area contributed by atoms with Crippen LogP contribution in [0.25, 0.3) is 0 Å². The van der Waals surface area contributed by atoms with Gasteiger partial charge in [-0.05, 0) is 19.8 Å². The molecule has 1 rings (SSSR count). The standard InChI is InChI=1S/C11H20N4O4/c1-6(14-9(16)7(13)5-12)10(17)15-4-2-3-8(15)11(18)19/h6-8H,2-5,12-13H2,1H3,(H,14,16)(H,18,19)/t6-,7?,8-/m0/s1. The Hall–Kier alpha value is -1.67. The smallest absolute Gasteiger partial charge is 0.326 e. The minimum Gasteiger partial charge on any atom is -0.480 e. The van der Waals surface area contributed by atoms with Gasteiger partial charge in [0.1, 0.15) is 12.1 Å². The highest BCUT2D eigenvalue weighted by molar-refractivity contribution is 5.91. The van der Waals surface area contributed by atoms with Gasteiger partial charge >= 0.3 is 5.97 Å². The van der Waals surface area contributed by atoms with Crippen molar-refractivity contribution in [2.24, 2.45) is 11.5 Å². The predicted molar refractivity (Wildman–Crippen MR) is 67.0 cm³/mol. The first kappa shape index (κ1) is 15.4. The Balaban J connectivity index is 2.62. The first-order valence-corrected chi connectivity index (χ1v) is 6.17. The van der Waals surface area contributed by atoms with Gasteiger partial charge < -0.3 is 26.8 Å². The van der Waals surface area contributed by atoms with Crippen molar-refractivity contribution in [3.63, 3.8) is 0 Å². The number of rotatable bonds is 5. The maximum atomic E-state index is 12.1. The average molecular weight is 272 g/mol. The minimum absolute atomic E-state index is 0.0196. The molecule has 1 fully saturated rings. The van der Waals surface area contributed by atoms with Crippen molar-refractivity contribution in [2.45, 2.75) is 37.9 Å². The summed E-state index contributed by atoms with van der Waals surface area (Å²) < 4.78 is 0. The van der Waals surface area contributed by atoms with Crippen molar-refractivity contribution in [1.29, 1.82) is 0 Å². The topological polar surface area (TPSA) is 139 Å². The summed E-state index contributed by atoms with van der Waals surface area (Å²) in [5, 5.41) is 11.4. The van der Waals surface area contributed by atoms with Crippen LogP contribution in [0, 0.1) is 0 Å². The highest BCUT2D eigenvalue weighted by atomic mass is 16.4. The predicted octanol–water partition coefficient (Wildman–Crippen LogP) is -2.15. The maximum Gasteiger partial charge on any atom is 0.326 e. The minimum atomic E-state index is -1.02. The first-order valence-electron chi connectivity index (χ1n) is 6.17. The van der Waals surface area contributed by atoms with Crippen LogP contribution in [0.3, 0.4) is 0 Å². The number of carboxylic acids is 1. The molecular formula is C11H20N4O4. The van der Waals surface area contributed by atoms with Crippen molar-refractivity contribution >= 4 is 17.8 Å². The summed E-state index contributed by atoms with van der Waals surface area (Å²) in [7, 11) is 0. The molecule has 0 aromatic heterocycles. The van der Waals surface area contributed by atoms with Crippen LogP contribution in [0.1, 0.15) is 19.8 Å². The fourth-order valence-corrected chi connectivity index (χ4v) is 2.03. The van der Waals surface area contributed by atoms with Crippen LogP contribution in [0.4, 0.5) is 0 Å². The third-order valence-corrected chi connectivity index (χ3v) is 3.14. The van der Waals surface area contributed by atoms with E-state index in [0.29, 0.717) is 19.4 Å². The quantitative estimate of drug-likeness (QED) is 0.450. The molecule has 2 amide bonds. The van der Waals surface area contributed by atoms with Crippen LogP contribution < -0.4 is 16.8 Å². The molecule has 1 heterocycles. The van der Waals surface area contributed by atoms with Crippen LogP contribution in [-0.2, 0) is 14.4 Å². The number of carbonyl (C=O) groups is 3. The number of carboxylic acid groups (broad SMARTS) is 1. The Labute approximate surface area is 111 Å². The summed E-state index contributed by atoms with van der Waals surface area (Å²) in [4.78, 5) is 35.9. The lowest BCUT2D eigenvalue weighted by Crippen LogP contribution is -2.54. The molecule has 1 aliphatic rings. The highest BCUT2D eigenvalue weighted by Crippen LogP contribution is 2.18. The van der Waals surface area contributed by atoms with Crippen LogP contribution >= 0.6 is 0 Å². The molecule has 19 heavy (non-hydrogen) atoms. The van der Waals surface area contributed by atoms with E-state index in [1.807, 2.05) is 0 Å². The summed E-state index contributed by atoms with van der Waals surface area (Å²) in [5.41, 5.74) is 10.7. The number of amides is 2. The van der Waals surface area contributed by atoms with Gasteiger partial charge in [0, 0.05) is 13.1 Å². The SMILES string of the molecule is C[C@H](NC(=O)C(N)CN)C(=O)N1CCC[C@H]1C(=O)O. The van der Waals surface area contributed by atoms with E-state index in [9.17, 15) is 14.4 Å². The molecule has 1 aliphatic heterocycles. The van der Waals surface area contributed by atoms with Crippen LogP contribution in [-0.4, -0.2) is 59.0 Å². The molecule has 0 saturated carbocycles. The normalized spacial score (nSPS) is 21.8. The molecule has 1 unspecified atom stereocenters. The van der Waals surface area contributed by atoms with Gasteiger partial charge in [-0.15, -0.1) is 0 Å². The van der Waals surface area contributed by atoms with E-state index in [1.165, 1.54) is 11.8 Å². The molecule has 0 spiro atoms. The van der Waals surface area contributed by atoms with Gasteiger partial charge in [-0.25, -0.2) is 4.79 Å². The number of carbonyl (C=O) groups excluding carboxylic acids is 2. The third-order valence-electron chi connectivity index (χ3n) is 3.14. The van der Waals surface area contributed by atoms with E-state index in [-0.39, 0.29) is 6.54 Å². The van der Waals surface area contributed by atoms with Crippen molar-refractivity contribution in [1.82, 2.24) is 10.2 Å². The number of nitrogens with one attached hydrogen (secondary N) is 1. The van der Waals surface area contributed by atoms with Gasteiger partial charge in [-0.2, -0.15) is 0 Å². The molecule has 0 aromatic carbocycles. The molecule has 0 bridgehead atoms. The Kier molecular flexibility index (Phi) is 5.25. The Morgan fingerprint density at radius 3 is 2.63 bits per heavy atom. The molecule has 0 aromatic rings. The Bertz CT molecular complexity index is 374. The van der Waals surface area contributed by atoms with E-state index in [2.05, 4.69) is 5.32 Å². The number of nitrogens with zero attached hydrogens (tertiary/aromatic N) is 1. The van der Waals surface area contributed by atoms with E-state index in [1.54, 1.807) is 0 Å². The Morgan fingerprint density at radius 2 is 2.11 bits per heavy atom. The van der Waals surface area contributed by atoms with Gasteiger partial charge in [0.15, 0.2) is 0 Å². The number of likely N-dealkylation sites (tertiary alicyclic amines) is 1. The van der Waals surface area contributed by atoms with Crippen LogP contribution in [0.15, 0.2) is 0 Å². The van der Waals surface area contributed by atoms with E-state index in [0.717, 1.165) is 0 Å². The van der Waals surface area contributed by atoms with Gasteiger partial charge in [0.2, 0.25) is 11.8 Å². The molecular weight excluding hydrogens is 252 g/mol. The monoisotopic (exact) mass is 272 g/mol. The average Bonchev–Trinajstić information content (AvgIpc) is 2.85. The molecule has 108 valence electrons. The van der Waals surface area contributed by atoms with Crippen molar-refractivity contribution in [2.75, 3.05) is 13.1 Å². The molecule has 3 atom stereocenters. The first-order chi connectivity index (χ1) is 8.88. The second kappa shape index (κ2) is 6.48. The lowest BCUT2D eigenvalue weighted by molar-refractivity contribution is -0.149. The number of aliphatic carboxylic acids is 1. The van der Waals surface area contributed by atoms with E-state index < -0.39 is 35.9 Å². The van der Waals surface area contributed by atoms with Gasteiger partial charge in [0.25, 0.3) is 0 Å². The fourth-order valence-electron chi connectivity index (χ4n) is 2.03. The van der Waals surface area contributed by atoms with Gasteiger partial charge in [-0.3, -0.25) is 9.59 Å². The van der Waals surface area contributed by atoms with Gasteiger partial charge in [0.05, 0.1) is 6.04 Å². The molecule has 0 aliphatic carbocycles. The largest absolute Gasteiger partial charge is 0.480 e. The number of hydrogen-bond acceptors (Lipinski definition) is 5. The lowest BCUT2D eigenvalue weighted by atomic mass is 10.2. The van der Waals surface area contributed by atoms with Crippen LogP contribution in [0.5, 0.6) is 0 Å². The third kappa shape index (κ3) is 3.65. The molecule has 1 saturated heterocycles. The number of nitrogens with two attached hydrogens (primary N) is 2. The molecule has 6 N–H and O–H groups in total. The zero-order valence-corrected chi connectivity index (χ0v) is 10.8. The second-order valence-electron chi connectivity index (χ2n) is 4.60. The summed E-state index contributed by atoms with van der Waals surface area (Å²) in [5.74, 6) is -1.96. The highest BCUT2D eigenvalue weighted by Gasteiger charge is 2.36. The summed E-state index contributed by atoms with van der Waals surface area (Å²) in [6.07, 6.45) is 1.08. The van der Waals surface area contributed by atoms with Gasteiger partial charge in [-0.1, -0.05) is 0 Å². The van der Waals surface area contributed by atoms with Crippen molar-refractivity contribution < 1.29 is 19.5 Å². The van der Waals surface area contributed by atoms with E-state index >= 15 is 0 Å². The fraction of sp³-hybridized carbons (Fsp3) is 0.727. The summed E-state index contributed by atoms with van der Waals surface area (Å²) in [6, 6.07) is -2.50. The Morgan fingerprint density at radius 1 is 1.47 bits per heavy atom. The van der Waals surface area contributed by atoms with Crippen LogP contribution in [0.2, 0.25) is 0 Å². The van der Waals surface area contributed by atoms with Crippen molar-refractivity contribution in [3.8, 4) is 0 Å². The maximum absolute atomic E-state index is 12.1. The summed E-state index contributed by atoms with van der Waals surface area (Å²) >= 11 is 0. The molecule has 8 heteroatoms. The van der Waals surface area contributed by atoms with Crippen molar-refractivity contribution in [3.05, 3.63) is 0 Å². The molecule has 0 radical (unpaired) electrons. The summed E-state index contributed by atoms with van der Waals surface area (Å²) in [6.45, 7) is 1.87. The molecule has 8 nitrogen and oxygen atoms in total. The number of hydrogen-bond donors (Lipinski definition) is 4. The second-order valence-corrected chi connectivity index (χ2v) is 4.60.